The largest absolute Gasteiger partial charge is 0.326 e. The van der Waals surface area contributed by atoms with Crippen molar-refractivity contribution in [2.75, 3.05) is 10.6 Å². The van der Waals surface area contributed by atoms with Crippen molar-refractivity contribution in [3.05, 3.63) is 58.1 Å². The van der Waals surface area contributed by atoms with Crippen molar-refractivity contribution < 1.29 is 18.4 Å². The lowest BCUT2D eigenvalue weighted by molar-refractivity contribution is -0.123. The molecule has 2 rings (SSSR count). The molecule has 0 aliphatic carbocycles. The highest BCUT2D eigenvalue weighted by Crippen LogP contribution is 2.25. The first kappa shape index (κ1) is 17.2. The summed E-state index contributed by atoms with van der Waals surface area (Å²) in [6.45, 7) is 0. The predicted molar refractivity (Wildman–Crippen MR) is 84.7 cm³/mol. The fraction of sp³-hybridized carbons (Fsp3) is 0.0667. The maximum Gasteiger partial charge on any atom is 0.233 e. The summed E-state index contributed by atoms with van der Waals surface area (Å²) in [4.78, 5) is 23.5. The number of amides is 2. The van der Waals surface area contributed by atoms with Gasteiger partial charge < -0.3 is 10.6 Å². The predicted octanol–water partition coefficient (Wildman–Crippen LogP) is 4.24. The van der Waals surface area contributed by atoms with Crippen molar-refractivity contribution in [3.63, 3.8) is 0 Å². The van der Waals surface area contributed by atoms with Gasteiger partial charge in [0.25, 0.3) is 0 Å². The molecule has 0 bridgehead atoms. The zero-order chi connectivity index (χ0) is 17.0. The third kappa shape index (κ3) is 4.91. The summed E-state index contributed by atoms with van der Waals surface area (Å²) in [7, 11) is 0. The highest BCUT2D eigenvalue weighted by atomic mass is 35.5. The number of carbonyl (C=O) groups is 2. The van der Waals surface area contributed by atoms with Crippen molar-refractivity contribution >= 4 is 46.4 Å². The molecular formula is C15H10Cl2F2N2O2. The molecule has 0 aromatic heterocycles. The van der Waals surface area contributed by atoms with Crippen LogP contribution in [0.2, 0.25) is 10.0 Å². The zero-order valence-corrected chi connectivity index (χ0v) is 13.0. The first-order chi connectivity index (χ1) is 10.8. The molecular weight excluding hydrogens is 349 g/mol. The maximum absolute atomic E-state index is 13.0. The third-order valence-corrected chi connectivity index (χ3v) is 3.28. The molecule has 2 aromatic carbocycles. The number of anilines is 2. The molecule has 0 heterocycles. The minimum atomic E-state index is -1.10. The lowest BCUT2D eigenvalue weighted by Crippen LogP contribution is -2.21. The standard InChI is InChI=1S/C15H10Cl2F2N2O2/c16-8-1-4-13(10(17)5-8)21-15(23)7-14(22)20-9-2-3-11(18)12(19)6-9/h1-6H,7H2,(H,20,22)(H,21,23). The van der Waals surface area contributed by atoms with Crippen LogP contribution in [0.25, 0.3) is 0 Å². The Bertz CT molecular complexity index is 769. The number of nitrogens with one attached hydrogen (secondary N) is 2. The molecule has 120 valence electrons. The summed E-state index contributed by atoms with van der Waals surface area (Å²) < 4.78 is 25.8. The molecule has 0 atom stereocenters. The van der Waals surface area contributed by atoms with E-state index in [1.54, 1.807) is 0 Å². The number of hydrogen-bond acceptors (Lipinski definition) is 2. The first-order valence-electron chi connectivity index (χ1n) is 6.35. The Hall–Kier alpha value is -2.18. The van der Waals surface area contributed by atoms with E-state index in [9.17, 15) is 18.4 Å². The van der Waals surface area contributed by atoms with Gasteiger partial charge in [-0.1, -0.05) is 23.2 Å². The highest BCUT2D eigenvalue weighted by Gasteiger charge is 2.12. The van der Waals surface area contributed by atoms with Crippen LogP contribution in [0.4, 0.5) is 20.2 Å². The Labute approximate surface area is 140 Å². The van der Waals surface area contributed by atoms with Gasteiger partial charge in [-0.15, -0.1) is 0 Å². The molecule has 0 fully saturated rings. The van der Waals surface area contributed by atoms with Gasteiger partial charge in [0.05, 0.1) is 10.7 Å². The van der Waals surface area contributed by atoms with Crippen LogP contribution in [0, 0.1) is 11.6 Å². The van der Waals surface area contributed by atoms with E-state index in [0.29, 0.717) is 10.7 Å². The monoisotopic (exact) mass is 358 g/mol. The molecule has 4 nitrogen and oxygen atoms in total. The van der Waals surface area contributed by atoms with Crippen LogP contribution in [-0.4, -0.2) is 11.8 Å². The number of hydrogen-bond donors (Lipinski definition) is 2. The second-order valence-corrected chi connectivity index (χ2v) is 5.37. The van der Waals surface area contributed by atoms with Gasteiger partial charge in [-0.05, 0) is 30.3 Å². The molecule has 0 aliphatic rings. The third-order valence-electron chi connectivity index (χ3n) is 2.73. The van der Waals surface area contributed by atoms with Crippen LogP contribution in [-0.2, 0) is 9.59 Å². The molecule has 0 aliphatic heterocycles. The summed E-state index contributed by atoms with van der Waals surface area (Å²) in [6.07, 6.45) is -0.516. The summed E-state index contributed by atoms with van der Waals surface area (Å²) >= 11 is 11.6. The zero-order valence-electron chi connectivity index (χ0n) is 11.5. The van der Waals surface area contributed by atoms with Crippen LogP contribution < -0.4 is 10.6 Å². The molecule has 0 saturated heterocycles. The van der Waals surface area contributed by atoms with Gasteiger partial charge >= 0.3 is 0 Å². The quantitative estimate of drug-likeness (QED) is 0.803. The van der Waals surface area contributed by atoms with Gasteiger partial charge in [0.1, 0.15) is 6.42 Å². The summed E-state index contributed by atoms with van der Waals surface area (Å²) in [5, 5.41) is 5.38. The Morgan fingerprint density at radius 2 is 1.61 bits per heavy atom. The van der Waals surface area contributed by atoms with E-state index >= 15 is 0 Å². The number of rotatable bonds is 4. The van der Waals surface area contributed by atoms with Crippen LogP contribution in [0.3, 0.4) is 0 Å². The lowest BCUT2D eigenvalue weighted by atomic mass is 10.2. The van der Waals surface area contributed by atoms with E-state index in [1.807, 2.05) is 0 Å². The smallest absolute Gasteiger partial charge is 0.233 e. The van der Waals surface area contributed by atoms with Crippen molar-refractivity contribution in [1.82, 2.24) is 0 Å². The van der Waals surface area contributed by atoms with Gasteiger partial charge in [0.15, 0.2) is 11.6 Å². The Balaban J connectivity index is 1.94. The lowest BCUT2D eigenvalue weighted by Gasteiger charge is -2.08. The first-order valence-corrected chi connectivity index (χ1v) is 7.10. The second-order valence-electron chi connectivity index (χ2n) is 4.53. The Morgan fingerprint density at radius 1 is 0.913 bits per heavy atom. The minimum Gasteiger partial charge on any atom is -0.326 e. The number of carbonyl (C=O) groups excluding carboxylic acids is 2. The fourth-order valence-corrected chi connectivity index (χ4v) is 2.17. The van der Waals surface area contributed by atoms with E-state index in [0.717, 1.165) is 12.1 Å². The fourth-order valence-electron chi connectivity index (χ4n) is 1.71. The average Bonchev–Trinajstić information content (AvgIpc) is 2.46. The summed E-state index contributed by atoms with van der Waals surface area (Å²) in [5.41, 5.74) is 0.355. The van der Waals surface area contributed by atoms with E-state index in [-0.39, 0.29) is 10.7 Å². The normalized spacial score (nSPS) is 10.3. The number of halogens is 4. The van der Waals surface area contributed by atoms with E-state index in [2.05, 4.69) is 10.6 Å². The van der Waals surface area contributed by atoms with E-state index in [4.69, 9.17) is 23.2 Å². The SMILES string of the molecule is O=C(CC(=O)Nc1ccc(Cl)cc1Cl)Nc1ccc(F)c(F)c1. The van der Waals surface area contributed by atoms with Crippen LogP contribution in [0.5, 0.6) is 0 Å². The van der Waals surface area contributed by atoms with Gasteiger partial charge in [0.2, 0.25) is 11.8 Å². The molecule has 2 N–H and O–H groups in total. The minimum absolute atomic E-state index is 0.0474. The summed E-state index contributed by atoms with van der Waals surface area (Å²) in [6, 6.07) is 7.35. The Kier molecular flexibility index (Phi) is 5.52. The molecule has 2 amide bonds. The molecule has 2 aromatic rings. The van der Waals surface area contributed by atoms with Crippen LogP contribution in [0.1, 0.15) is 6.42 Å². The molecule has 0 unspecified atom stereocenters. The molecule has 0 radical (unpaired) electrons. The van der Waals surface area contributed by atoms with Crippen molar-refractivity contribution in [2.24, 2.45) is 0 Å². The summed E-state index contributed by atoms with van der Waals surface area (Å²) in [5.74, 6) is -3.42. The molecule has 23 heavy (non-hydrogen) atoms. The number of benzene rings is 2. The average molecular weight is 359 g/mol. The van der Waals surface area contributed by atoms with E-state index < -0.39 is 29.9 Å². The van der Waals surface area contributed by atoms with Crippen LogP contribution in [0.15, 0.2) is 36.4 Å². The van der Waals surface area contributed by atoms with Gasteiger partial charge in [-0.3, -0.25) is 9.59 Å². The molecule has 0 saturated carbocycles. The van der Waals surface area contributed by atoms with Gasteiger partial charge in [-0.2, -0.15) is 0 Å². The topological polar surface area (TPSA) is 58.2 Å². The molecule has 0 spiro atoms. The van der Waals surface area contributed by atoms with E-state index in [1.165, 1.54) is 24.3 Å². The second kappa shape index (κ2) is 7.39. The molecule has 8 heteroatoms. The maximum atomic E-state index is 13.0. The van der Waals surface area contributed by atoms with Crippen molar-refractivity contribution in [2.45, 2.75) is 6.42 Å². The Morgan fingerprint density at radius 3 is 2.26 bits per heavy atom. The highest BCUT2D eigenvalue weighted by molar-refractivity contribution is 6.36. The van der Waals surface area contributed by atoms with Gasteiger partial charge in [-0.25, -0.2) is 8.78 Å². The van der Waals surface area contributed by atoms with Gasteiger partial charge in [0, 0.05) is 16.8 Å². The van der Waals surface area contributed by atoms with Crippen molar-refractivity contribution in [3.8, 4) is 0 Å². The van der Waals surface area contributed by atoms with Crippen molar-refractivity contribution in [1.29, 1.82) is 0 Å². The van der Waals surface area contributed by atoms with Crippen LogP contribution >= 0.6 is 23.2 Å².